The lowest BCUT2D eigenvalue weighted by Gasteiger charge is -2.42. The van der Waals surface area contributed by atoms with Crippen molar-refractivity contribution in [1.29, 1.82) is 0 Å². The molecular formula is C22H35N3O4S2. The standard InChI is InChI=1S/C22H35N3O4S2/c1-2-13-29-18-10-8-17(9-11-18)25(16-6-4-3-5-7-16)22(28)24-21-23-15-20(31-21)30-14-12-19(26)27/h15-18H,2-14H2,1H3,(H,26,27)(H,23,24,28)/t17-,18-. The van der Waals surface area contributed by atoms with E-state index in [0.717, 1.165) is 55.8 Å². The van der Waals surface area contributed by atoms with Gasteiger partial charge in [0.1, 0.15) is 0 Å². The lowest BCUT2D eigenvalue weighted by atomic mass is 9.88. The highest BCUT2D eigenvalue weighted by atomic mass is 32.2. The number of rotatable bonds is 10. The van der Waals surface area contributed by atoms with Crippen LogP contribution in [0.3, 0.4) is 0 Å². The van der Waals surface area contributed by atoms with Gasteiger partial charge in [-0.15, -0.1) is 11.8 Å². The first-order chi connectivity index (χ1) is 15.1. The van der Waals surface area contributed by atoms with Crippen LogP contribution in [0.15, 0.2) is 10.4 Å². The fourth-order valence-corrected chi connectivity index (χ4v) is 6.41. The molecule has 0 bridgehead atoms. The molecule has 0 spiro atoms. The molecule has 0 atom stereocenters. The van der Waals surface area contributed by atoms with E-state index in [2.05, 4.69) is 22.1 Å². The molecule has 0 saturated heterocycles. The first kappa shape index (κ1) is 24.3. The molecule has 2 saturated carbocycles. The van der Waals surface area contributed by atoms with E-state index in [0.29, 0.717) is 23.0 Å². The van der Waals surface area contributed by atoms with Crippen LogP contribution in [0.5, 0.6) is 0 Å². The summed E-state index contributed by atoms with van der Waals surface area (Å²) in [5.41, 5.74) is 0. The number of carboxylic acids is 1. The van der Waals surface area contributed by atoms with E-state index < -0.39 is 5.97 Å². The van der Waals surface area contributed by atoms with Crippen molar-refractivity contribution in [3.8, 4) is 0 Å². The molecule has 2 fully saturated rings. The molecule has 3 rings (SSSR count). The van der Waals surface area contributed by atoms with Gasteiger partial charge in [-0.25, -0.2) is 9.78 Å². The number of hydrogen-bond acceptors (Lipinski definition) is 6. The molecule has 0 aliphatic heterocycles. The molecule has 0 radical (unpaired) electrons. The van der Waals surface area contributed by atoms with E-state index >= 15 is 0 Å². The van der Waals surface area contributed by atoms with E-state index in [9.17, 15) is 9.59 Å². The van der Waals surface area contributed by atoms with Crippen LogP contribution in [0.1, 0.15) is 77.6 Å². The van der Waals surface area contributed by atoms with Crippen molar-refractivity contribution in [1.82, 2.24) is 9.88 Å². The molecule has 2 amide bonds. The minimum atomic E-state index is -0.802. The predicted octanol–water partition coefficient (Wildman–Crippen LogP) is 5.61. The Morgan fingerprint density at radius 2 is 1.90 bits per heavy atom. The zero-order chi connectivity index (χ0) is 22.1. The van der Waals surface area contributed by atoms with E-state index in [1.807, 2.05) is 0 Å². The summed E-state index contributed by atoms with van der Waals surface area (Å²) in [5.74, 6) is -0.300. The lowest BCUT2D eigenvalue weighted by Crippen LogP contribution is -2.51. The third-order valence-corrected chi connectivity index (χ3v) is 8.17. The summed E-state index contributed by atoms with van der Waals surface area (Å²) in [6.45, 7) is 2.95. The van der Waals surface area contributed by atoms with Crippen LogP contribution in [0.4, 0.5) is 9.93 Å². The van der Waals surface area contributed by atoms with Crippen molar-refractivity contribution in [2.45, 2.75) is 99.9 Å². The van der Waals surface area contributed by atoms with Crippen LogP contribution in [-0.4, -0.2) is 57.5 Å². The number of hydrogen-bond donors (Lipinski definition) is 2. The Bertz CT molecular complexity index is 701. The number of amides is 2. The van der Waals surface area contributed by atoms with Gasteiger partial charge in [-0.05, 0) is 44.9 Å². The van der Waals surface area contributed by atoms with Crippen LogP contribution in [-0.2, 0) is 9.53 Å². The molecule has 2 aliphatic rings. The van der Waals surface area contributed by atoms with Crippen molar-refractivity contribution >= 4 is 40.2 Å². The number of carbonyl (C=O) groups excluding carboxylic acids is 1. The number of anilines is 1. The van der Waals surface area contributed by atoms with Crippen molar-refractivity contribution in [3.63, 3.8) is 0 Å². The molecule has 31 heavy (non-hydrogen) atoms. The number of urea groups is 1. The fourth-order valence-electron chi connectivity index (χ4n) is 4.54. The maximum absolute atomic E-state index is 13.3. The van der Waals surface area contributed by atoms with Gasteiger partial charge in [0.2, 0.25) is 0 Å². The Morgan fingerprint density at radius 3 is 2.58 bits per heavy atom. The summed E-state index contributed by atoms with van der Waals surface area (Å²) >= 11 is 2.88. The van der Waals surface area contributed by atoms with Crippen LogP contribution >= 0.6 is 23.1 Å². The Labute approximate surface area is 193 Å². The first-order valence-corrected chi connectivity index (χ1v) is 13.4. The van der Waals surface area contributed by atoms with Crippen LogP contribution < -0.4 is 5.32 Å². The number of nitrogens with zero attached hydrogens (tertiary/aromatic N) is 2. The first-order valence-electron chi connectivity index (χ1n) is 11.6. The average Bonchev–Trinajstić information content (AvgIpc) is 3.21. The number of carbonyl (C=O) groups is 2. The molecular weight excluding hydrogens is 434 g/mol. The van der Waals surface area contributed by atoms with Gasteiger partial charge in [-0.2, -0.15) is 0 Å². The van der Waals surface area contributed by atoms with Gasteiger partial charge in [0.05, 0.1) is 22.9 Å². The molecule has 0 unspecified atom stereocenters. The highest BCUT2D eigenvalue weighted by Gasteiger charge is 2.34. The van der Waals surface area contributed by atoms with Gasteiger partial charge in [0.25, 0.3) is 0 Å². The topological polar surface area (TPSA) is 91.8 Å². The minimum absolute atomic E-state index is 0.0405. The highest BCUT2D eigenvalue weighted by molar-refractivity contribution is 8.01. The van der Waals surface area contributed by atoms with E-state index in [-0.39, 0.29) is 18.5 Å². The van der Waals surface area contributed by atoms with Gasteiger partial charge < -0.3 is 14.7 Å². The van der Waals surface area contributed by atoms with E-state index in [4.69, 9.17) is 9.84 Å². The van der Waals surface area contributed by atoms with Crippen molar-refractivity contribution < 1.29 is 19.4 Å². The second-order valence-electron chi connectivity index (χ2n) is 8.41. The SMILES string of the molecule is CCCO[C@H]1CC[C@H](N(C(=O)Nc2ncc(SCCC(=O)O)s2)C2CCCCC2)CC1. The van der Waals surface area contributed by atoms with Crippen molar-refractivity contribution in [2.75, 3.05) is 17.7 Å². The lowest BCUT2D eigenvalue weighted by molar-refractivity contribution is -0.136. The second kappa shape index (κ2) is 12.6. The molecule has 1 aromatic heterocycles. The molecule has 2 aliphatic carbocycles. The average molecular weight is 470 g/mol. The smallest absolute Gasteiger partial charge is 0.324 e. The molecule has 1 heterocycles. The summed E-state index contributed by atoms with van der Waals surface area (Å²) < 4.78 is 6.87. The fraction of sp³-hybridized carbons (Fsp3) is 0.773. The number of ether oxygens (including phenoxy) is 1. The van der Waals surface area contributed by atoms with Gasteiger partial charge in [0.15, 0.2) is 5.13 Å². The molecule has 2 N–H and O–H groups in total. The maximum Gasteiger partial charge on any atom is 0.324 e. The molecule has 174 valence electrons. The van der Waals surface area contributed by atoms with E-state index in [1.54, 1.807) is 6.20 Å². The maximum atomic E-state index is 13.3. The zero-order valence-corrected chi connectivity index (χ0v) is 20.0. The van der Waals surface area contributed by atoms with Crippen molar-refractivity contribution in [2.24, 2.45) is 0 Å². The van der Waals surface area contributed by atoms with Crippen LogP contribution in [0.2, 0.25) is 0 Å². The monoisotopic (exact) mass is 469 g/mol. The second-order valence-corrected chi connectivity index (χ2v) is 10.8. The largest absolute Gasteiger partial charge is 0.481 e. The summed E-state index contributed by atoms with van der Waals surface area (Å²) in [5, 5.41) is 12.4. The number of aliphatic carboxylic acids is 1. The third-order valence-electron chi connectivity index (χ3n) is 6.06. The quantitative estimate of drug-likeness (QED) is 0.433. The number of thiazole rings is 1. The number of thioether (sulfide) groups is 1. The Kier molecular flexibility index (Phi) is 9.93. The number of aromatic nitrogens is 1. The predicted molar refractivity (Wildman–Crippen MR) is 125 cm³/mol. The van der Waals surface area contributed by atoms with Gasteiger partial charge >= 0.3 is 12.0 Å². The van der Waals surface area contributed by atoms with Crippen molar-refractivity contribution in [3.05, 3.63) is 6.20 Å². The normalized spacial score (nSPS) is 22.2. The molecule has 0 aromatic carbocycles. The highest BCUT2D eigenvalue weighted by Crippen LogP contribution is 2.33. The minimum Gasteiger partial charge on any atom is -0.481 e. The summed E-state index contributed by atoms with van der Waals surface area (Å²) in [4.78, 5) is 30.5. The Hall–Kier alpha value is -1.32. The molecule has 9 heteroatoms. The number of nitrogens with one attached hydrogen (secondary N) is 1. The van der Waals surface area contributed by atoms with Crippen LogP contribution in [0.25, 0.3) is 0 Å². The summed E-state index contributed by atoms with van der Waals surface area (Å²) in [6, 6.07) is 0.520. The third kappa shape index (κ3) is 7.64. The van der Waals surface area contributed by atoms with Gasteiger partial charge in [-0.3, -0.25) is 10.1 Å². The zero-order valence-electron chi connectivity index (χ0n) is 18.4. The summed E-state index contributed by atoms with van der Waals surface area (Å²) in [7, 11) is 0. The van der Waals surface area contributed by atoms with Gasteiger partial charge in [-0.1, -0.05) is 37.5 Å². The Balaban J connectivity index is 1.59. The van der Waals surface area contributed by atoms with Gasteiger partial charge in [0, 0.05) is 24.4 Å². The number of carboxylic acid groups (broad SMARTS) is 1. The molecule has 1 aromatic rings. The summed E-state index contributed by atoms with van der Waals surface area (Å²) in [6.07, 6.45) is 13.0. The Morgan fingerprint density at radius 1 is 1.19 bits per heavy atom. The van der Waals surface area contributed by atoms with Crippen LogP contribution in [0, 0.1) is 0 Å². The molecule has 7 nitrogen and oxygen atoms in total. The van der Waals surface area contributed by atoms with E-state index in [1.165, 1.54) is 42.4 Å².